The van der Waals surface area contributed by atoms with Crippen LogP contribution in [0, 0.1) is 0 Å². The van der Waals surface area contributed by atoms with E-state index in [1.807, 2.05) is 20.0 Å². The maximum Gasteiger partial charge on any atom is 0.227 e. The Morgan fingerprint density at radius 2 is 2.21 bits per heavy atom. The standard InChI is InChI=1S/C17H21Cl2N3O2/c1-9-13-12(4-5-21-17(9)23)22(2)16-14(13)11(20-6-7-24-3)8-10(18)15(16)19/h8-9,20H,4-7H2,1-3H3,(H,21,23). The molecule has 0 bridgehead atoms. The van der Waals surface area contributed by atoms with Crippen LogP contribution in [0.1, 0.15) is 24.1 Å². The van der Waals surface area contributed by atoms with Gasteiger partial charge in [0.1, 0.15) is 0 Å². The minimum absolute atomic E-state index is 0.0372. The molecule has 1 aliphatic heterocycles. The van der Waals surface area contributed by atoms with Gasteiger partial charge >= 0.3 is 0 Å². The van der Waals surface area contributed by atoms with Crippen molar-refractivity contribution in [2.75, 3.05) is 32.1 Å². The van der Waals surface area contributed by atoms with Crippen molar-refractivity contribution in [3.05, 3.63) is 27.4 Å². The zero-order valence-electron chi connectivity index (χ0n) is 14.0. The second kappa shape index (κ2) is 6.82. The summed E-state index contributed by atoms with van der Waals surface area (Å²) in [6.45, 7) is 3.78. The summed E-state index contributed by atoms with van der Waals surface area (Å²) in [5.74, 6) is -0.207. The number of anilines is 1. The van der Waals surface area contributed by atoms with Crippen molar-refractivity contribution in [3.63, 3.8) is 0 Å². The lowest BCUT2D eigenvalue weighted by Gasteiger charge is -2.14. The zero-order valence-corrected chi connectivity index (χ0v) is 15.5. The van der Waals surface area contributed by atoms with Crippen LogP contribution in [0.5, 0.6) is 0 Å². The number of amides is 1. The summed E-state index contributed by atoms with van der Waals surface area (Å²) in [4.78, 5) is 12.3. The molecule has 1 atom stereocenters. The Kier molecular flexibility index (Phi) is 4.95. The van der Waals surface area contributed by atoms with E-state index >= 15 is 0 Å². The Labute approximate surface area is 151 Å². The molecule has 0 saturated carbocycles. The van der Waals surface area contributed by atoms with Gasteiger partial charge in [0, 0.05) is 50.4 Å². The van der Waals surface area contributed by atoms with Crippen molar-refractivity contribution in [2.45, 2.75) is 19.3 Å². The molecule has 2 N–H and O–H groups in total. The highest BCUT2D eigenvalue weighted by Crippen LogP contribution is 2.43. The molecule has 5 nitrogen and oxygen atoms in total. The summed E-state index contributed by atoms with van der Waals surface area (Å²) in [7, 11) is 3.64. The van der Waals surface area contributed by atoms with E-state index in [4.69, 9.17) is 27.9 Å². The van der Waals surface area contributed by atoms with E-state index in [-0.39, 0.29) is 11.8 Å². The number of benzene rings is 1. The Hall–Kier alpha value is -1.43. The average Bonchev–Trinajstić information content (AvgIpc) is 2.76. The van der Waals surface area contributed by atoms with Crippen molar-refractivity contribution in [1.29, 1.82) is 0 Å². The van der Waals surface area contributed by atoms with Crippen LogP contribution in [0.2, 0.25) is 10.0 Å². The number of aryl methyl sites for hydroxylation is 1. The predicted molar refractivity (Wildman–Crippen MR) is 98.4 cm³/mol. The third kappa shape index (κ3) is 2.75. The van der Waals surface area contributed by atoms with Crippen molar-refractivity contribution in [1.82, 2.24) is 9.88 Å². The summed E-state index contributed by atoms with van der Waals surface area (Å²) in [5.41, 5.74) is 3.90. The molecule has 0 saturated heterocycles. The number of methoxy groups -OCH3 is 1. The van der Waals surface area contributed by atoms with Crippen LogP contribution in [0.15, 0.2) is 6.07 Å². The molecule has 3 rings (SSSR count). The van der Waals surface area contributed by atoms with Crippen LogP contribution in [0.25, 0.3) is 10.9 Å². The fourth-order valence-electron chi connectivity index (χ4n) is 3.44. The SMILES string of the molecule is COCCNc1cc(Cl)c(Cl)c2c1c1c(n2C)CCNC(=O)C1C. The van der Waals surface area contributed by atoms with E-state index < -0.39 is 0 Å². The van der Waals surface area contributed by atoms with Crippen LogP contribution >= 0.6 is 23.2 Å². The van der Waals surface area contributed by atoms with Crippen molar-refractivity contribution in [2.24, 2.45) is 7.05 Å². The number of carbonyl (C=O) groups excluding carboxylic acids is 1. The molecule has 0 spiro atoms. The van der Waals surface area contributed by atoms with Crippen LogP contribution in [0.4, 0.5) is 5.69 Å². The number of rotatable bonds is 4. The first-order valence-corrected chi connectivity index (χ1v) is 8.72. The molecule has 2 heterocycles. The fourth-order valence-corrected chi connectivity index (χ4v) is 3.92. The van der Waals surface area contributed by atoms with Gasteiger partial charge in [0.2, 0.25) is 5.91 Å². The van der Waals surface area contributed by atoms with Crippen molar-refractivity contribution in [3.8, 4) is 0 Å². The van der Waals surface area contributed by atoms with Gasteiger partial charge in [-0.2, -0.15) is 0 Å². The Balaban J connectivity index is 2.28. The lowest BCUT2D eigenvalue weighted by atomic mass is 9.96. The smallest absolute Gasteiger partial charge is 0.227 e. The van der Waals surface area contributed by atoms with E-state index in [2.05, 4.69) is 15.2 Å². The van der Waals surface area contributed by atoms with E-state index in [1.54, 1.807) is 7.11 Å². The molecular weight excluding hydrogens is 349 g/mol. The molecule has 0 fully saturated rings. The van der Waals surface area contributed by atoms with Crippen LogP contribution < -0.4 is 10.6 Å². The summed E-state index contributed by atoms with van der Waals surface area (Å²) < 4.78 is 7.18. The normalized spacial score (nSPS) is 17.5. The van der Waals surface area contributed by atoms with Gasteiger partial charge in [-0.15, -0.1) is 0 Å². The number of carbonyl (C=O) groups is 1. The Bertz CT molecular complexity index is 801. The topological polar surface area (TPSA) is 55.3 Å². The van der Waals surface area contributed by atoms with Gasteiger partial charge in [0.15, 0.2) is 0 Å². The summed E-state index contributed by atoms with van der Waals surface area (Å²) in [6, 6.07) is 1.83. The Morgan fingerprint density at radius 3 is 2.92 bits per heavy atom. The van der Waals surface area contributed by atoms with Gasteiger partial charge in [0.25, 0.3) is 0 Å². The third-order valence-corrected chi connectivity index (χ3v) is 5.40. The monoisotopic (exact) mass is 369 g/mol. The zero-order chi connectivity index (χ0) is 17.4. The molecule has 7 heteroatoms. The quantitative estimate of drug-likeness (QED) is 0.812. The first-order chi connectivity index (χ1) is 11.5. The lowest BCUT2D eigenvalue weighted by Crippen LogP contribution is -2.27. The van der Waals surface area contributed by atoms with Crippen molar-refractivity contribution < 1.29 is 9.53 Å². The highest BCUT2D eigenvalue weighted by Gasteiger charge is 2.30. The highest BCUT2D eigenvalue weighted by molar-refractivity contribution is 6.45. The van der Waals surface area contributed by atoms with Gasteiger partial charge in [-0.1, -0.05) is 23.2 Å². The second-order valence-corrected chi connectivity index (χ2v) is 6.83. The first kappa shape index (κ1) is 17.4. The second-order valence-electron chi connectivity index (χ2n) is 6.05. The van der Waals surface area contributed by atoms with E-state index in [0.717, 1.165) is 34.3 Å². The summed E-state index contributed by atoms with van der Waals surface area (Å²) in [5, 5.41) is 8.32. The highest BCUT2D eigenvalue weighted by atomic mass is 35.5. The van der Waals surface area contributed by atoms with Gasteiger partial charge < -0.3 is 19.9 Å². The minimum Gasteiger partial charge on any atom is -0.383 e. The van der Waals surface area contributed by atoms with E-state index in [9.17, 15) is 4.79 Å². The number of hydrogen-bond acceptors (Lipinski definition) is 3. The summed E-state index contributed by atoms with van der Waals surface area (Å²) >= 11 is 12.8. The molecule has 0 radical (unpaired) electrons. The maximum atomic E-state index is 12.3. The number of nitrogens with zero attached hydrogens (tertiary/aromatic N) is 1. The number of aromatic nitrogens is 1. The molecule has 1 unspecified atom stereocenters. The molecule has 24 heavy (non-hydrogen) atoms. The fraction of sp³-hybridized carbons (Fsp3) is 0.471. The Morgan fingerprint density at radius 1 is 1.46 bits per heavy atom. The van der Waals surface area contributed by atoms with E-state index in [1.165, 1.54) is 0 Å². The van der Waals surface area contributed by atoms with Gasteiger partial charge in [-0.25, -0.2) is 0 Å². The lowest BCUT2D eigenvalue weighted by molar-refractivity contribution is -0.121. The predicted octanol–water partition coefficient (Wildman–Crippen LogP) is 3.32. The summed E-state index contributed by atoms with van der Waals surface area (Å²) in [6.07, 6.45) is 0.766. The van der Waals surface area contributed by atoms with Crippen LogP contribution in [0.3, 0.4) is 0 Å². The molecule has 2 aromatic rings. The number of nitrogens with one attached hydrogen (secondary N) is 2. The molecule has 1 aromatic carbocycles. The average molecular weight is 370 g/mol. The molecular formula is C17H21Cl2N3O2. The van der Waals surface area contributed by atoms with Crippen LogP contribution in [-0.2, 0) is 23.0 Å². The first-order valence-electron chi connectivity index (χ1n) is 7.97. The van der Waals surface area contributed by atoms with E-state index in [0.29, 0.717) is 29.7 Å². The number of ether oxygens (including phenoxy) is 1. The number of halogens is 2. The number of fused-ring (bicyclic) bond motifs is 3. The number of hydrogen-bond donors (Lipinski definition) is 2. The van der Waals surface area contributed by atoms with Crippen molar-refractivity contribution >= 4 is 45.7 Å². The molecule has 1 aromatic heterocycles. The largest absolute Gasteiger partial charge is 0.383 e. The molecule has 1 amide bonds. The van der Waals surface area contributed by atoms with Gasteiger partial charge in [-0.3, -0.25) is 4.79 Å². The van der Waals surface area contributed by atoms with Gasteiger partial charge in [0.05, 0.1) is 28.1 Å². The molecule has 130 valence electrons. The maximum absolute atomic E-state index is 12.3. The molecule has 1 aliphatic rings. The third-order valence-electron chi connectivity index (χ3n) is 4.62. The van der Waals surface area contributed by atoms with Gasteiger partial charge in [-0.05, 0) is 18.6 Å². The minimum atomic E-state index is -0.244. The van der Waals surface area contributed by atoms with Crippen LogP contribution in [-0.4, -0.2) is 37.3 Å². The molecule has 0 aliphatic carbocycles.